The fourth-order valence-corrected chi connectivity index (χ4v) is 2.57. The van der Waals surface area contributed by atoms with E-state index in [1.807, 2.05) is 6.92 Å². The average Bonchev–Trinajstić information content (AvgIpc) is 2.60. The molecule has 0 spiro atoms. The molecule has 0 radical (unpaired) electrons. The standard InChI is InChI=1S/C11H9NO3S/c1-7-6-8(4-5-12-7)9-2-3-10(11(13)14)16(9)15/h2-6H,1H3,(H,13,14). The third kappa shape index (κ3) is 1.81. The van der Waals surface area contributed by atoms with E-state index in [0.717, 1.165) is 11.3 Å². The quantitative estimate of drug-likeness (QED) is 0.842. The fraction of sp³-hybridized carbons (Fsp3) is 0.0909. The number of hydrogen-bond donors (Lipinski definition) is 1. The highest BCUT2D eigenvalue weighted by molar-refractivity contribution is 7.99. The van der Waals surface area contributed by atoms with E-state index in [4.69, 9.17) is 5.11 Å². The van der Waals surface area contributed by atoms with Crippen LogP contribution in [0.25, 0.3) is 4.91 Å². The highest BCUT2D eigenvalue weighted by Crippen LogP contribution is 2.28. The Morgan fingerprint density at radius 1 is 1.44 bits per heavy atom. The fourth-order valence-electron chi connectivity index (χ4n) is 1.45. The maximum Gasteiger partial charge on any atom is 0.345 e. The lowest BCUT2D eigenvalue weighted by Crippen LogP contribution is -2.04. The third-order valence-corrected chi connectivity index (χ3v) is 3.66. The number of nitrogens with zero attached hydrogens (tertiary/aromatic N) is 1. The Hall–Kier alpha value is -1.75. The molecule has 2 heterocycles. The Balaban J connectivity index is 2.35. The van der Waals surface area contributed by atoms with E-state index in [2.05, 4.69) is 4.98 Å². The molecule has 1 aromatic heterocycles. The van der Waals surface area contributed by atoms with Crippen LogP contribution in [0, 0.1) is 6.92 Å². The summed E-state index contributed by atoms with van der Waals surface area (Å²) < 4.78 is 11.8. The first-order valence-electron chi connectivity index (χ1n) is 4.59. The lowest BCUT2D eigenvalue weighted by atomic mass is 10.2. The zero-order valence-electron chi connectivity index (χ0n) is 8.51. The summed E-state index contributed by atoms with van der Waals surface area (Å²) in [7, 11) is -1.59. The Kier molecular flexibility index (Phi) is 2.70. The van der Waals surface area contributed by atoms with Crippen LogP contribution in [-0.2, 0) is 15.6 Å². The Morgan fingerprint density at radius 3 is 2.75 bits per heavy atom. The number of pyridine rings is 1. The highest BCUT2D eigenvalue weighted by atomic mass is 32.2. The van der Waals surface area contributed by atoms with Gasteiger partial charge in [-0.15, -0.1) is 0 Å². The van der Waals surface area contributed by atoms with Gasteiger partial charge in [-0.05, 0) is 36.8 Å². The van der Waals surface area contributed by atoms with Crippen molar-refractivity contribution in [2.45, 2.75) is 6.92 Å². The van der Waals surface area contributed by atoms with E-state index >= 15 is 0 Å². The molecule has 82 valence electrons. The molecule has 0 saturated heterocycles. The molecule has 4 nitrogen and oxygen atoms in total. The Morgan fingerprint density at radius 2 is 2.19 bits per heavy atom. The predicted molar refractivity (Wildman–Crippen MR) is 60.8 cm³/mol. The van der Waals surface area contributed by atoms with Crippen LogP contribution >= 0.6 is 0 Å². The van der Waals surface area contributed by atoms with Gasteiger partial charge in [0.05, 0.1) is 15.7 Å². The van der Waals surface area contributed by atoms with Gasteiger partial charge in [0.25, 0.3) is 0 Å². The second kappa shape index (κ2) is 4.02. The summed E-state index contributed by atoms with van der Waals surface area (Å²) >= 11 is 0. The first kappa shape index (κ1) is 10.8. The number of aromatic nitrogens is 1. The molecular weight excluding hydrogens is 226 g/mol. The summed E-state index contributed by atoms with van der Waals surface area (Å²) in [6, 6.07) is 3.50. The predicted octanol–water partition coefficient (Wildman–Crippen LogP) is 1.46. The molecule has 5 heteroatoms. The second-order valence-corrected chi connectivity index (χ2v) is 4.74. The molecule has 0 aromatic carbocycles. The minimum absolute atomic E-state index is 0.0792. The van der Waals surface area contributed by atoms with Crippen molar-refractivity contribution in [1.82, 2.24) is 4.98 Å². The highest BCUT2D eigenvalue weighted by Gasteiger charge is 2.24. The molecule has 16 heavy (non-hydrogen) atoms. The van der Waals surface area contributed by atoms with E-state index < -0.39 is 16.8 Å². The smallest absolute Gasteiger partial charge is 0.345 e. The second-order valence-electron chi connectivity index (χ2n) is 3.32. The van der Waals surface area contributed by atoms with Gasteiger partial charge in [-0.25, -0.2) is 9.00 Å². The number of carboxylic acids is 1. The number of allylic oxidation sites excluding steroid dienone is 2. The molecule has 0 aliphatic carbocycles. The van der Waals surface area contributed by atoms with Crippen molar-refractivity contribution in [2.75, 3.05) is 0 Å². The van der Waals surface area contributed by atoms with Crippen molar-refractivity contribution in [3.05, 3.63) is 46.6 Å². The van der Waals surface area contributed by atoms with Gasteiger partial charge < -0.3 is 5.11 Å². The van der Waals surface area contributed by atoms with Gasteiger partial charge in [0, 0.05) is 11.9 Å². The zero-order valence-corrected chi connectivity index (χ0v) is 9.32. The summed E-state index contributed by atoms with van der Waals surface area (Å²) in [5, 5.41) is 8.80. The molecule has 1 aliphatic heterocycles. The van der Waals surface area contributed by atoms with Crippen LogP contribution in [0.3, 0.4) is 0 Å². The van der Waals surface area contributed by atoms with Crippen molar-refractivity contribution < 1.29 is 14.1 Å². The minimum atomic E-state index is -1.59. The molecule has 1 aromatic rings. The van der Waals surface area contributed by atoms with Crippen LogP contribution in [-0.4, -0.2) is 20.3 Å². The molecule has 1 aliphatic rings. The molecule has 2 rings (SSSR count). The van der Waals surface area contributed by atoms with E-state index in [1.165, 1.54) is 6.08 Å². The SMILES string of the molecule is Cc1cc(C2=CC=C(C(=O)O)S2=O)ccn1. The number of aliphatic carboxylic acids is 1. The number of carboxylic acid groups (broad SMARTS) is 1. The molecule has 1 N–H and O–H groups in total. The van der Waals surface area contributed by atoms with Gasteiger partial charge in [-0.2, -0.15) is 0 Å². The Bertz CT molecular complexity index is 546. The minimum Gasteiger partial charge on any atom is -0.477 e. The molecule has 0 amide bonds. The lowest BCUT2D eigenvalue weighted by molar-refractivity contribution is -0.131. The van der Waals surface area contributed by atoms with Crippen LogP contribution in [0.1, 0.15) is 11.3 Å². The number of hydrogen-bond acceptors (Lipinski definition) is 3. The van der Waals surface area contributed by atoms with Crippen molar-refractivity contribution >= 4 is 21.7 Å². The molecule has 0 saturated carbocycles. The van der Waals surface area contributed by atoms with E-state index in [1.54, 1.807) is 24.4 Å². The monoisotopic (exact) mass is 235 g/mol. The molecule has 1 unspecified atom stereocenters. The van der Waals surface area contributed by atoms with Crippen molar-refractivity contribution in [1.29, 1.82) is 0 Å². The molecular formula is C11H9NO3S. The van der Waals surface area contributed by atoms with E-state index in [0.29, 0.717) is 4.91 Å². The van der Waals surface area contributed by atoms with Gasteiger partial charge >= 0.3 is 5.97 Å². The zero-order chi connectivity index (χ0) is 11.7. The Labute approximate surface area is 94.8 Å². The molecule has 1 atom stereocenters. The maximum absolute atomic E-state index is 11.8. The summed E-state index contributed by atoms with van der Waals surface area (Å²) in [5.41, 5.74) is 1.55. The van der Waals surface area contributed by atoms with Crippen LogP contribution in [0.5, 0.6) is 0 Å². The summed E-state index contributed by atoms with van der Waals surface area (Å²) in [6.45, 7) is 1.83. The van der Waals surface area contributed by atoms with Gasteiger partial charge in [0.15, 0.2) is 0 Å². The lowest BCUT2D eigenvalue weighted by Gasteiger charge is -2.03. The normalized spacial score (nSPS) is 19.2. The maximum atomic E-state index is 11.8. The van der Waals surface area contributed by atoms with Crippen LogP contribution < -0.4 is 0 Å². The topological polar surface area (TPSA) is 67.3 Å². The van der Waals surface area contributed by atoms with Crippen molar-refractivity contribution in [2.24, 2.45) is 0 Å². The third-order valence-electron chi connectivity index (χ3n) is 2.18. The first-order valence-corrected chi connectivity index (χ1v) is 5.74. The van der Waals surface area contributed by atoms with E-state index in [-0.39, 0.29) is 4.91 Å². The first-order chi connectivity index (χ1) is 7.59. The van der Waals surface area contributed by atoms with Gasteiger partial charge in [0.2, 0.25) is 0 Å². The van der Waals surface area contributed by atoms with Gasteiger partial charge in [-0.3, -0.25) is 4.98 Å². The van der Waals surface area contributed by atoms with Gasteiger partial charge in [-0.1, -0.05) is 0 Å². The number of carbonyl (C=O) groups is 1. The van der Waals surface area contributed by atoms with Crippen LogP contribution in [0.15, 0.2) is 35.4 Å². The number of rotatable bonds is 2. The number of aryl methyl sites for hydroxylation is 1. The van der Waals surface area contributed by atoms with E-state index in [9.17, 15) is 9.00 Å². The van der Waals surface area contributed by atoms with Crippen LogP contribution in [0.2, 0.25) is 0 Å². The van der Waals surface area contributed by atoms with Gasteiger partial charge in [0.1, 0.15) is 4.91 Å². The van der Waals surface area contributed by atoms with Crippen LogP contribution in [0.4, 0.5) is 0 Å². The molecule has 0 fully saturated rings. The molecule has 0 bridgehead atoms. The largest absolute Gasteiger partial charge is 0.477 e. The van der Waals surface area contributed by atoms with Crippen molar-refractivity contribution in [3.8, 4) is 0 Å². The summed E-state index contributed by atoms with van der Waals surface area (Å²) in [5.74, 6) is -1.14. The summed E-state index contributed by atoms with van der Waals surface area (Å²) in [4.78, 5) is 15.2. The van der Waals surface area contributed by atoms with Crippen molar-refractivity contribution in [3.63, 3.8) is 0 Å². The summed E-state index contributed by atoms with van der Waals surface area (Å²) in [6.07, 6.45) is 4.57. The average molecular weight is 235 g/mol.